The Morgan fingerprint density at radius 2 is 2.21 bits per heavy atom. The lowest BCUT2D eigenvalue weighted by molar-refractivity contribution is -0.121. The fourth-order valence-corrected chi connectivity index (χ4v) is 1.60. The van der Waals surface area contributed by atoms with Gasteiger partial charge in [0.2, 0.25) is 5.91 Å². The highest BCUT2D eigenvalue weighted by molar-refractivity contribution is 5.76. The van der Waals surface area contributed by atoms with Crippen molar-refractivity contribution in [2.45, 2.75) is 32.9 Å². The second-order valence-corrected chi connectivity index (χ2v) is 4.57. The first kappa shape index (κ1) is 15.1. The van der Waals surface area contributed by atoms with Crippen LogP contribution in [0.2, 0.25) is 0 Å². The molecule has 0 aliphatic heterocycles. The van der Waals surface area contributed by atoms with Crippen molar-refractivity contribution in [2.24, 2.45) is 0 Å². The third kappa shape index (κ3) is 5.49. The number of amides is 1. The molecular formula is C14H18FN3O. The Bertz CT molecular complexity index is 480. The normalized spacial score (nSPS) is 10.3. The standard InChI is InChI=1S/C14H18FN3O/c1-10(2)18-14(19)5-6-17-9-11-3-4-13(15)12(7-11)8-16/h3-4,7,10,17H,5-6,9H2,1-2H3,(H,18,19). The number of carbonyl (C=O) groups is 1. The lowest BCUT2D eigenvalue weighted by Gasteiger charge is -2.09. The summed E-state index contributed by atoms with van der Waals surface area (Å²) in [4.78, 5) is 11.4. The van der Waals surface area contributed by atoms with E-state index in [1.165, 1.54) is 12.1 Å². The number of nitrogens with one attached hydrogen (secondary N) is 2. The van der Waals surface area contributed by atoms with E-state index in [4.69, 9.17) is 5.26 Å². The molecule has 19 heavy (non-hydrogen) atoms. The van der Waals surface area contributed by atoms with Gasteiger partial charge in [-0.2, -0.15) is 5.26 Å². The Labute approximate surface area is 112 Å². The van der Waals surface area contributed by atoms with Gasteiger partial charge in [0.05, 0.1) is 5.56 Å². The van der Waals surface area contributed by atoms with Gasteiger partial charge in [-0.05, 0) is 31.5 Å². The zero-order chi connectivity index (χ0) is 14.3. The van der Waals surface area contributed by atoms with Gasteiger partial charge in [-0.15, -0.1) is 0 Å². The maximum atomic E-state index is 13.1. The average Bonchev–Trinajstić information content (AvgIpc) is 2.35. The molecule has 0 fully saturated rings. The highest BCUT2D eigenvalue weighted by atomic mass is 19.1. The molecule has 0 saturated heterocycles. The maximum Gasteiger partial charge on any atom is 0.221 e. The van der Waals surface area contributed by atoms with Gasteiger partial charge in [-0.3, -0.25) is 4.79 Å². The molecule has 0 atom stereocenters. The van der Waals surface area contributed by atoms with Crippen molar-refractivity contribution >= 4 is 5.91 Å². The number of benzene rings is 1. The molecule has 5 heteroatoms. The summed E-state index contributed by atoms with van der Waals surface area (Å²) in [5.41, 5.74) is 0.860. The minimum atomic E-state index is -0.512. The Hall–Kier alpha value is -1.93. The van der Waals surface area contributed by atoms with E-state index >= 15 is 0 Å². The molecule has 1 amide bonds. The summed E-state index contributed by atoms with van der Waals surface area (Å²) < 4.78 is 13.1. The second-order valence-electron chi connectivity index (χ2n) is 4.57. The summed E-state index contributed by atoms with van der Waals surface area (Å²) in [6.07, 6.45) is 0.393. The van der Waals surface area contributed by atoms with Gasteiger partial charge in [0.1, 0.15) is 11.9 Å². The van der Waals surface area contributed by atoms with Crippen molar-refractivity contribution in [3.63, 3.8) is 0 Å². The number of nitriles is 1. The molecule has 0 aromatic heterocycles. The van der Waals surface area contributed by atoms with Crippen LogP contribution in [0.5, 0.6) is 0 Å². The molecule has 1 aromatic carbocycles. The molecule has 102 valence electrons. The monoisotopic (exact) mass is 263 g/mol. The Balaban J connectivity index is 2.34. The van der Waals surface area contributed by atoms with Crippen molar-refractivity contribution in [1.29, 1.82) is 5.26 Å². The first-order valence-corrected chi connectivity index (χ1v) is 6.21. The van der Waals surface area contributed by atoms with E-state index in [2.05, 4.69) is 10.6 Å². The van der Waals surface area contributed by atoms with E-state index in [0.29, 0.717) is 19.5 Å². The number of halogens is 1. The molecule has 0 radical (unpaired) electrons. The van der Waals surface area contributed by atoms with E-state index in [0.717, 1.165) is 5.56 Å². The maximum absolute atomic E-state index is 13.1. The van der Waals surface area contributed by atoms with Crippen LogP contribution in [0.1, 0.15) is 31.4 Å². The lowest BCUT2D eigenvalue weighted by Crippen LogP contribution is -2.32. The van der Waals surface area contributed by atoms with Crippen molar-refractivity contribution in [1.82, 2.24) is 10.6 Å². The lowest BCUT2D eigenvalue weighted by atomic mass is 10.1. The summed E-state index contributed by atoms with van der Waals surface area (Å²) in [7, 11) is 0. The molecule has 0 spiro atoms. The van der Waals surface area contributed by atoms with Crippen LogP contribution in [0.15, 0.2) is 18.2 Å². The fraction of sp³-hybridized carbons (Fsp3) is 0.429. The highest BCUT2D eigenvalue weighted by Crippen LogP contribution is 2.09. The summed E-state index contributed by atoms with van der Waals surface area (Å²) in [6.45, 7) is 4.86. The zero-order valence-corrected chi connectivity index (χ0v) is 11.2. The number of rotatable bonds is 6. The predicted molar refractivity (Wildman–Crippen MR) is 70.7 cm³/mol. The summed E-state index contributed by atoms with van der Waals surface area (Å²) >= 11 is 0. The van der Waals surface area contributed by atoms with Gasteiger partial charge in [0, 0.05) is 25.6 Å². The quantitative estimate of drug-likeness (QED) is 0.768. The molecule has 1 aromatic rings. The third-order valence-electron chi connectivity index (χ3n) is 2.46. The molecule has 0 aliphatic rings. The van der Waals surface area contributed by atoms with Crippen LogP contribution in [0.3, 0.4) is 0 Å². The molecule has 0 aliphatic carbocycles. The van der Waals surface area contributed by atoms with Crippen LogP contribution in [-0.4, -0.2) is 18.5 Å². The second kappa shape index (κ2) is 7.49. The van der Waals surface area contributed by atoms with Gasteiger partial charge in [-0.1, -0.05) is 6.07 Å². The van der Waals surface area contributed by atoms with E-state index in [-0.39, 0.29) is 17.5 Å². The molecule has 2 N–H and O–H groups in total. The molecule has 4 nitrogen and oxygen atoms in total. The summed E-state index contributed by atoms with van der Waals surface area (Å²) in [5, 5.41) is 14.6. The van der Waals surface area contributed by atoms with E-state index in [1.807, 2.05) is 13.8 Å². The van der Waals surface area contributed by atoms with Gasteiger partial charge >= 0.3 is 0 Å². The Morgan fingerprint density at radius 3 is 2.84 bits per heavy atom. The molecular weight excluding hydrogens is 245 g/mol. The topological polar surface area (TPSA) is 64.9 Å². The molecule has 0 heterocycles. The van der Waals surface area contributed by atoms with Gasteiger partial charge < -0.3 is 10.6 Å². The molecule has 0 unspecified atom stereocenters. The first-order valence-electron chi connectivity index (χ1n) is 6.21. The smallest absolute Gasteiger partial charge is 0.221 e. The van der Waals surface area contributed by atoms with Crippen LogP contribution < -0.4 is 10.6 Å². The van der Waals surface area contributed by atoms with E-state index < -0.39 is 5.82 Å². The largest absolute Gasteiger partial charge is 0.354 e. The van der Waals surface area contributed by atoms with Gasteiger partial charge in [0.25, 0.3) is 0 Å². The van der Waals surface area contributed by atoms with Crippen LogP contribution >= 0.6 is 0 Å². The number of hydrogen-bond acceptors (Lipinski definition) is 3. The first-order chi connectivity index (χ1) is 9.02. The highest BCUT2D eigenvalue weighted by Gasteiger charge is 2.04. The number of hydrogen-bond donors (Lipinski definition) is 2. The molecule has 1 rings (SSSR count). The van der Waals surface area contributed by atoms with Crippen LogP contribution in [0, 0.1) is 17.1 Å². The van der Waals surface area contributed by atoms with E-state index in [1.54, 1.807) is 12.1 Å². The minimum Gasteiger partial charge on any atom is -0.354 e. The Kier molecular flexibility index (Phi) is 5.97. The van der Waals surface area contributed by atoms with Gasteiger partial charge in [0.15, 0.2) is 0 Å². The molecule has 0 bridgehead atoms. The SMILES string of the molecule is CC(C)NC(=O)CCNCc1ccc(F)c(C#N)c1. The predicted octanol–water partition coefficient (Wildman–Crippen LogP) is 1.70. The van der Waals surface area contributed by atoms with E-state index in [9.17, 15) is 9.18 Å². The fourth-order valence-electron chi connectivity index (χ4n) is 1.60. The van der Waals surface area contributed by atoms with Crippen molar-refractivity contribution in [2.75, 3.05) is 6.54 Å². The van der Waals surface area contributed by atoms with Crippen molar-refractivity contribution in [3.8, 4) is 6.07 Å². The summed E-state index contributed by atoms with van der Waals surface area (Å²) in [6, 6.07) is 6.35. The van der Waals surface area contributed by atoms with Crippen molar-refractivity contribution in [3.05, 3.63) is 35.1 Å². The molecule has 0 saturated carbocycles. The van der Waals surface area contributed by atoms with Crippen LogP contribution in [-0.2, 0) is 11.3 Å². The van der Waals surface area contributed by atoms with Crippen LogP contribution in [0.4, 0.5) is 4.39 Å². The number of nitrogens with zero attached hydrogens (tertiary/aromatic N) is 1. The minimum absolute atomic E-state index is 0.000630. The average molecular weight is 263 g/mol. The van der Waals surface area contributed by atoms with Gasteiger partial charge in [-0.25, -0.2) is 4.39 Å². The summed E-state index contributed by atoms with van der Waals surface area (Å²) in [5.74, 6) is -0.512. The Morgan fingerprint density at radius 1 is 1.47 bits per heavy atom. The zero-order valence-electron chi connectivity index (χ0n) is 11.2. The van der Waals surface area contributed by atoms with Crippen LogP contribution in [0.25, 0.3) is 0 Å². The number of carbonyl (C=O) groups excluding carboxylic acids is 1. The van der Waals surface area contributed by atoms with Crippen molar-refractivity contribution < 1.29 is 9.18 Å². The third-order valence-corrected chi connectivity index (χ3v) is 2.46.